The number of hydrogen-bond acceptors (Lipinski definition) is 6. The molecule has 4 rings (SSSR count). The van der Waals surface area contributed by atoms with Gasteiger partial charge in [0.25, 0.3) is 0 Å². The number of aromatic nitrogens is 3. The van der Waals surface area contributed by atoms with Gasteiger partial charge in [-0.2, -0.15) is 5.10 Å². The Hall–Kier alpha value is -3.32. The Kier molecular flexibility index (Phi) is 4.99. The molecule has 0 N–H and O–H groups in total. The molecule has 28 heavy (non-hydrogen) atoms. The van der Waals surface area contributed by atoms with Crippen LogP contribution in [0.15, 0.2) is 60.1 Å². The summed E-state index contributed by atoms with van der Waals surface area (Å²) in [7, 11) is 0. The monoisotopic (exact) mass is 391 g/mol. The molecule has 140 valence electrons. The first kappa shape index (κ1) is 18.1. The fraction of sp³-hybridized carbons (Fsp3) is 0.143. The fourth-order valence-corrected chi connectivity index (χ4v) is 3.60. The minimum atomic E-state index is -0.565. The van der Waals surface area contributed by atoms with Crippen LogP contribution < -0.4 is 0 Å². The number of ether oxygens (including phenoxy) is 1. The van der Waals surface area contributed by atoms with Gasteiger partial charge in [0.1, 0.15) is 0 Å². The Balaban J connectivity index is 1.66. The number of fused-ring (bicyclic) bond motifs is 1. The van der Waals surface area contributed by atoms with E-state index in [1.807, 2.05) is 30.5 Å². The minimum absolute atomic E-state index is 0.248. The molecule has 6 nitrogen and oxygen atoms in total. The van der Waals surface area contributed by atoms with Crippen molar-refractivity contribution in [3.8, 4) is 10.6 Å². The van der Waals surface area contributed by atoms with Crippen LogP contribution in [-0.4, -0.2) is 33.1 Å². The Morgan fingerprint density at radius 1 is 1.14 bits per heavy atom. The van der Waals surface area contributed by atoms with Crippen molar-refractivity contribution < 1.29 is 14.3 Å². The lowest BCUT2D eigenvalue weighted by molar-refractivity contribution is 0.0476. The normalized spacial score (nSPS) is 10.9. The number of ketones is 1. The highest BCUT2D eigenvalue weighted by Gasteiger charge is 2.19. The highest BCUT2D eigenvalue weighted by molar-refractivity contribution is 7.13. The first-order valence-corrected chi connectivity index (χ1v) is 9.71. The van der Waals surface area contributed by atoms with Crippen molar-refractivity contribution >= 4 is 34.1 Å². The van der Waals surface area contributed by atoms with Crippen LogP contribution in [-0.2, 0) is 11.3 Å². The second kappa shape index (κ2) is 7.74. The molecule has 0 aliphatic carbocycles. The summed E-state index contributed by atoms with van der Waals surface area (Å²) >= 11 is 1.54. The summed E-state index contributed by atoms with van der Waals surface area (Å²) < 4.78 is 7.05. The molecule has 0 aliphatic rings. The largest absolute Gasteiger partial charge is 0.454 e. The van der Waals surface area contributed by atoms with Gasteiger partial charge in [-0.05, 0) is 24.4 Å². The van der Waals surface area contributed by atoms with Crippen LogP contribution >= 0.6 is 11.3 Å². The Bertz CT molecular complexity index is 1130. The Morgan fingerprint density at radius 3 is 2.68 bits per heavy atom. The summed E-state index contributed by atoms with van der Waals surface area (Å²) in [5.41, 5.74) is 2.16. The Morgan fingerprint density at radius 2 is 1.96 bits per heavy atom. The predicted molar refractivity (Wildman–Crippen MR) is 108 cm³/mol. The molecule has 0 radical (unpaired) electrons. The summed E-state index contributed by atoms with van der Waals surface area (Å²) in [4.78, 5) is 30.6. The van der Waals surface area contributed by atoms with Crippen LogP contribution in [0.2, 0.25) is 0 Å². The van der Waals surface area contributed by atoms with E-state index in [0.29, 0.717) is 34.4 Å². The van der Waals surface area contributed by atoms with Gasteiger partial charge in [0.2, 0.25) is 0 Å². The van der Waals surface area contributed by atoms with Gasteiger partial charge in [-0.15, -0.1) is 11.3 Å². The topological polar surface area (TPSA) is 74.1 Å². The number of aryl methyl sites for hydroxylation is 1. The number of pyridine rings is 1. The van der Waals surface area contributed by atoms with Crippen molar-refractivity contribution in [2.24, 2.45) is 0 Å². The minimum Gasteiger partial charge on any atom is -0.454 e. The van der Waals surface area contributed by atoms with Crippen LogP contribution in [0.25, 0.3) is 21.6 Å². The van der Waals surface area contributed by atoms with E-state index in [2.05, 4.69) is 10.1 Å². The zero-order valence-electron chi connectivity index (χ0n) is 15.2. The van der Waals surface area contributed by atoms with Crippen molar-refractivity contribution in [1.82, 2.24) is 14.8 Å². The molecule has 0 spiro atoms. The third-order valence-corrected chi connectivity index (χ3v) is 5.22. The first-order chi connectivity index (χ1) is 13.7. The predicted octanol–water partition coefficient (Wildman–Crippen LogP) is 4.22. The molecule has 1 aromatic carbocycles. The highest BCUT2D eigenvalue weighted by Crippen LogP contribution is 2.28. The molecule has 3 heterocycles. The number of nitrogens with zero attached hydrogens (tertiary/aromatic N) is 3. The number of rotatable bonds is 6. The van der Waals surface area contributed by atoms with E-state index in [-0.39, 0.29) is 12.4 Å². The van der Waals surface area contributed by atoms with E-state index in [9.17, 15) is 9.59 Å². The van der Waals surface area contributed by atoms with E-state index < -0.39 is 5.97 Å². The van der Waals surface area contributed by atoms with Gasteiger partial charge in [-0.1, -0.05) is 36.4 Å². The lowest BCUT2D eigenvalue weighted by Crippen LogP contribution is -2.15. The number of thiophene rings is 1. The summed E-state index contributed by atoms with van der Waals surface area (Å²) in [6.07, 6.45) is 1.61. The van der Waals surface area contributed by atoms with Gasteiger partial charge in [0.15, 0.2) is 18.0 Å². The third-order valence-electron chi connectivity index (χ3n) is 4.33. The molecule has 4 aromatic rings. The van der Waals surface area contributed by atoms with E-state index in [4.69, 9.17) is 4.74 Å². The van der Waals surface area contributed by atoms with E-state index in [1.165, 1.54) is 11.3 Å². The van der Waals surface area contributed by atoms with Crippen LogP contribution in [0.3, 0.4) is 0 Å². The van der Waals surface area contributed by atoms with Crippen LogP contribution in [0, 0.1) is 0 Å². The number of Topliss-reactive ketones (excluding diaryl/α,β-unsaturated/α-hetero) is 1. The average Bonchev–Trinajstić information content (AvgIpc) is 3.41. The van der Waals surface area contributed by atoms with Crippen LogP contribution in [0.4, 0.5) is 0 Å². The molecule has 0 saturated heterocycles. The van der Waals surface area contributed by atoms with Gasteiger partial charge in [0.05, 0.1) is 27.7 Å². The maximum Gasteiger partial charge on any atom is 0.339 e. The molecule has 0 fully saturated rings. The van der Waals surface area contributed by atoms with Gasteiger partial charge >= 0.3 is 5.97 Å². The molecule has 0 unspecified atom stereocenters. The summed E-state index contributed by atoms with van der Waals surface area (Å²) in [6.45, 7) is 2.27. The van der Waals surface area contributed by atoms with Gasteiger partial charge < -0.3 is 4.74 Å². The van der Waals surface area contributed by atoms with E-state index in [0.717, 1.165) is 4.88 Å². The molecular weight excluding hydrogens is 374 g/mol. The maximum absolute atomic E-state index is 12.8. The Labute approximate surface area is 165 Å². The average molecular weight is 391 g/mol. The quantitative estimate of drug-likeness (QED) is 0.363. The zero-order chi connectivity index (χ0) is 19.5. The van der Waals surface area contributed by atoms with E-state index >= 15 is 0 Å². The number of carbonyl (C=O) groups excluding carboxylic acids is 2. The maximum atomic E-state index is 12.8. The van der Waals surface area contributed by atoms with E-state index in [1.54, 1.807) is 41.2 Å². The number of hydrogen-bond donors (Lipinski definition) is 0. The van der Waals surface area contributed by atoms with Crippen molar-refractivity contribution in [2.75, 3.05) is 6.61 Å². The van der Waals surface area contributed by atoms with Crippen LogP contribution in [0.5, 0.6) is 0 Å². The summed E-state index contributed by atoms with van der Waals surface area (Å²) in [6, 6.07) is 14.3. The van der Waals surface area contributed by atoms with Crippen LogP contribution in [0.1, 0.15) is 27.6 Å². The molecule has 0 bridgehead atoms. The first-order valence-electron chi connectivity index (χ1n) is 8.83. The van der Waals surface area contributed by atoms with Gasteiger partial charge in [-0.25, -0.2) is 14.5 Å². The molecular formula is C21H17N3O3S. The molecule has 0 aliphatic heterocycles. The highest BCUT2D eigenvalue weighted by atomic mass is 32.1. The standard InChI is InChI=1S/C21H17N3O3S/c1-2-24-20-16(12-22-24)15(11-17(23-20)19-9-6-10-28-19)21(26)27-13-18(25)14-7-4-3-5-8-14/h3-12H,2,13H2,1H3. The smallest absolute Gasteiger partial charge is 0.339 e. The number of benzene rings is 1. The second-order valence-electron chi connectivity index (χ2n) is 6.10. The zero-order valence-corrected chi connectivity index (χ0v) is 16.0. The van der Waals surface area contributed by atoms with Crippen molar-refractivity contribution in [3.63, 3.8) is 0 Å². The molecule has 0 saturated carbocycles. The number of esters is 1. The van der Waals surface area contributed by atoms with Gasteiger partial charge in [0, 0.05) is 12.1 Å². The number of carbonyl (C=O) groups is 2. The molecule has 0 amide bonds. The fourth-order valence-electron chi connectivity index (χ4n) is 2.91. The lowest BCUT2D eigenvalue weighted by Gasteiger charge is -2.08. The third kappa shape index (κ3) is 3.44. The molecule has 3 aromatic heterocycles. The summed E-state index contributed by atoms with van der Waals surface area (Å²) in [5, 5.41) is 6.87. The van der Waals surface area contributed by atoms with Gasteiger partial charge in [-0.3, -0.25) is 4.79 Å². The van der Waals surface area contributed by atoms with Crippen molar-refractivity contribution in [2.45, 2.75) is 13.5 Å². The summed E-state index contributed by atoms with van der Waals surface area (Å²) in [5.74, 6) is -0.813. The lowest BCUT2D eigenvalue weighted by atomic mass is 10.1. The SMILES string of the molecule is CCn1ncc2c(C(=O)OCC(=O)c3ccccc3)cc(-c3cccs3)nc21. The second-order valence-corrected chi connectivity index (χ2v) is 7.04. The van der Waals surface area contributed by atoms with Crippen molar-refractivity contribution in [1.29, 1.82) is 0 Å². The molecule has 0 atom stereocenters. The van der Waals surface area contributed by atoms with Crippen molar-refractivity contribution in [3.05, 3.63) is 71.2 Å². The molecule has 7 heteroatoms.